The molecule has 3 rings (SSSR count). The smallest absolute Gasteiger partial charge is 0.231 e. The lowest BCUT2D eigenvalue weighted by Gasteiger charge is -2.08. The van der Waals surface area contributed by atoms with E-state index in [1.54, 1.807) is 11.3 Å². The summed E-state index contributed by atoms with van der Waals surface area (Å²) in [5, 5.41) is 4.41. The van der Waals surface area contributed by atoms with Crippen LogP contribution in [-0.2, 0) is 0 Å². The minimum atomic E-state index is 0.305. The summed E-state index contributed by atoms with van der Waals surface area (Å²) < 4.78 is 10.7. The van der Waals surface area contributed by atoms with Gasteiger partial charge in [-0.25, -0.2) is 4.98 Å². The molecule has 5 heteroatoms. The van der Waals surface area contributed by atoms with Crippen molar-refractivity contribution in [2.75, 3.05) is 13.3 Å². The molecule has 2 heterocycles. The highest BCUT2D eigenvalue weighted by atomic mass is 32.1. The molecule has 0 saturated heterocycles. The molecule has 0 saturated carbocycles. The van der Waals surface area contributed by atoms with Gasteiger partial charge in [-0.05, 0) is 31.7 Å². The number of aromatic nitrogens is 1. The van der Waals surface area contributed by atoms with Gasteiger partial charge in [0.2, 0.25) is 6.79 Å². The molecular weight excluding hydrogens is 260 g/mol. The number of nitrogens with zero attached hydrogens (tertiary/aromatic N) is 1. The van der Waals surface area contributed by atoms with Gasteiger partial charge in [-0.2, -0.15) is 0 Å². The average Bonchev–Trinajstić information content (AvgIpc) is 3.07. The summed E-state index contributed by atoms with van der Waals surface area (Å²) in [4.78, 5) is 5.74. The van der Waals surface area contributed by atoms with Crippen molar-refractivity contribution >= 4 is 11.3 Å². The molecule has 0 radical (unpaired) electrons. The lowest BCUT2D eigenvalue weighted by atomic mass is 10.2. The van der Waals surface area contributed by atoms with Crippen LogP contribution in [0.5, 0.6) is 11.5 Å². The molecular formula is C14H16N2O2S. The number of hydrogen-bond donors (Lipinski definition) is 1. The van der Waals surface area contributed by atoms with Crippen LogP contribution in [0.2, 0.25) is 0 Å². The molecule has 1 atom stereocenters. The SMILES string of the molecule is CCNC(C)c1cnc(-c2ccc3c(c2)OCO3)s1. The van der Waals surface area contributed by atoms with Gasteiger partial charge in [0.25, 0.3) is 0 Å². The fourth-order valence-electron chi connectivity index (χ4n) is 2.06. The van der Waals surface area contributed by atoms with Gasteiger partial charge in [0.15, 0.2) is 11.5 Å². The number of ether oxygens (including phenoxy) is 2. The van der Waals surface area contributed by atoms with Gasteiger partial charge < -0.3 is 14.8 Å². The highest BCUT2D eigenvalue weighted by Crippen LogP contribution is 2.37. The Morgan fingerprint density at radius 2 is 2.21 bits per heavy atom. The van der Waals surface area contributed by atoms with Crippen molar-refractivity contribution in [2.24, 2.45) is 0 Å². The molecule has 1 aliphatic rings. The summed E-state index contributed by atoms with van der Waals surface area (Å²) in [5.74, 6) is 1.61. The van der Waals surface area contributed by atoms with Crippen molar-refractivity contribution in [3.63, 3.8) is 0 Å². The van der Waals surface area contributed by atoms with Crippen LogP contribution in [0.4, 0.5) is 0 Å². The maximum absolute atomic E-state index is 5.40. The van der Waals surface area contributed by atoms with Crippen LogP contribution < -0.4 is 14.8 Å². The van der Waals surface area contributed by atoms with Crippen molar-refractivity contribution in [3.8, 4) is 22.1 Å². The molecule has 1 unspecified atom stereocenters. The first-order valence-electron chi connectivity index (χ1n) is 6.37. The van der Waals surface area contributed by atoms with E-state index in [0.717, 1.165) is 28.6 Å². The van der Waals surface area contributed by atoms with E-state index in [9.17, 15) is 0 Å². The molecule has 0 fully saturated rings. The van der Waals surface area contributed by atoms with Gasteiger partial charge >= 0.3 is 0 Å². The van der Waals surface area contributed by atoms with Crippen LogP contribution in [0, 0.1) is 0 Å². The molecule has 100 valence electrons. The Bertz CT molecular complexity index is 583. The van der Waals surface area contributed by atoms with Crippen LogP contribution in [-0.4, -0.2) is 18.3 Å². The van der Waals surface area contributed by atoms with Gasteiger partial charge in [0, 0.05) is 22.7 Å². The van der Waals surface area contributed by atoms with Gasteiger partial charge in [0.1, 0.15) is 5.01 Å². The fraction of sp³-hybridized carbons (Fsp3) is 0.357. The van der Waals surface area contributed by atoms with E-state index in [0.29, 0.717) is 12.8 Å². The summed E-state index contributed by atoms with van der Waals surface area (Å²) in [6.07, 6.45) is 1.94. The maximum Gasteiger partial charge on any atom is 0.231 e. The van der Waals surface area contributed by atoms with Crippen LogP contribution in [0.1, 0.15) is 24.8 Å². The summed E-state index contributed by atoms with van der Waals surface area (Å²) in [6, 6.07) is 6.29. The summed E-state index contributed by atoms with van der Waals surface area (Å²) in [6.45, 7) is 5.52. The molecule has 2 aromatic rings. The summed E-state index contributed by atoms with van der Waals surface area (Å²) in [7, 11) is 0. The Kier molecular flexibility index (Phi) is 3.40. The van der Waals surface area contributed by atoms with E-state index in [1.807, 2.05) is 24.4 Å². The van der Waals surface area contributed by atoms with Gasteiger partial charge in [-0.15, -0.1) is 11.3 Å². The number of fused-ring (bicyclic) bond motifs is 1. The number of thiazole rings is 1. The number of rotatable bonds is 4. The summed E-state index contributed by atoms with van der Waals surface area (Å²) in [5.41, 5.74) is 1.07. The zero-order chi connectivity index (χ0) is 13.2. The van der Waals surface area contributed by atoms with E-state index in [4.69, 9.17) is 9.47 Å². The minimum Gasteiger partial charge on any atom is -0.454 e. The molecule has 0 amide bonds. The van der Waals surface area contributed by atoms with Crippen molar-refractivity contribution < 1.29 is 9.47 Å². The van der Waals surface area contributed by atoms with Crippen LogP contribution in [0.25, 0.3) is 10.6 Å². The van der Waals surface area contributed by atoms with E-state index < -0.39 is 0 Å². The van der Waals surface area contributed by atoms with Gasteiger partial charge in [-0.3, -0.25) is 0 Å². The van der Waals surface area contributed by atoms with E-state index >= 15 is 0 Å². The van der Waals surface area contributed by atoms with Crippen LogP contribution in [0.15, 0.2) is 24.4 Å². The van der Waals surface area contributed by atoms with Crippen molar-refractivity contribution in [2.45, 2.75) is 19.9 Å². The zero-order valence-corrected chi connectivity index (χ0v) is 11.8. The Morgan fingerprint density at radius 1 is 1.37 bits per heavy atom. The standard InChI is InChI=1S/C14H16N2O2S/c1-3-15-9(2)13-7-16-14(19-13)10-4-5-11-12(6-10)18-8-17-11/h4-7,9,15H,3,8H2,1-2H3. The third kappa shape index (κ3) is 2.43. The van der Waals surface area contributed by atoms with E-state index in [-0.39, 0.29) is 0 Å². The lowest BCUT2D eigenvalue weighted by molar-refractivity contribution is 0.174. The second-order valence-electron chi connectivity index (χ2n) is 4.42. The molecule has 4 nitrogen and oxygen atoms in total. The van der Waals surface area contributed by atoms with Crippen molar-refractivity contribution in [1.82, 2.24) is 10.3 Å². The number of benzene rings is 1. The highest BCUT2D eigenvalue weighted by molar-refractivity contribution is 7.15. The lowest BCUT2D eigenvalue weighted by Crippen LogP contribution is -2.16. The summed E-state index contributed by atoms with van der Waals surface area (Å²) >= 11 is 1.71. The molecule has 0 aliphatic carbocycles. The van der Waals surface area contributed by atoms with Gasteiger partial charge in [0.05, 0.1) is 0 Å². The third-order valence-corrected chi connectivity index (χ3v) is 4.31. The number of hydrogen-bond acceptors (Lipinski definition) is 5. The molecule has 0 spiro atoms. The second-order valence-corrected chi connectivity index (χ2v) is 5.48. The molecule has 19 heavy (non-hydrogen) atoms. The quantitative estimate of drug-likeness (QED) is 0.931. The maximum atomic E-state index is 5.40. The van der Waals surface area contributed by atoms with Crippen LogP contribution in [0.3, 0.4) is 0 Å². The monoisotopic (exact) mass is 276 g/mol. The number of nitrogens with one attached hydrogen (secondary N) is 1. The Labute approximate surface area is 116 Å². The predicted molar refractivity (Wildman–Crippen MR) is 75.8 cm³/mol. The molecule has 1 aromatic heterocycles. The van der Waals surface area contributed by atoms with Crippen molar-refractivity contribution in [3.05, 3.63) is 29.3 Å². The third-order valence-electron chi connectivity index (χ3n) is 3.08. The van der Waals surface area contributed by atoms with Gasteiger partial charge in [-0.1, -0.05) is 6.92 Å². The average molecular weight is 276 g/mol. The van der Waals surface area contributed by atoms with Crippen molar-refractivity contribution in [1.29, 1.82) is 0 Å². The first-order chi connectivity index (χ1) is 9.28. The first kappa shape index (κ1) is 12.4. The fourth-order valence-corrected chi connectivity index (χ4v) is 3.00. The Hall–Kier alpha value is -1.59. The van der Waals surface area contributed by atoms with E-state index in [1.165, 1.54) is 4.88 Å². The minimum absolute atomic E-state index is 0.305. The first-order valence-corrected chi connectivity index (χ1v) is 7.18. The normalized spacial score (nSPS) is 14.6. The van der Waals surface area contributed by atoms with Crippen LogP contribution >= 0.6 is 11.3 Å². The Balaban J connectivity index is 1.86. The molecule has 1 aromatic carbocycles. The second kappa shape index (κ2) is 5.19. The molecule has 0 bridgehead atoms. The van der Waals surface area contributed by atoms with E-state index in [2.05, 4.69) is 24.1 Å². The Morgan fingerprint density at radius 3 is 3.05 bits per heavy atom. The predicted octanol–water partition coefficient (Wildman–Crippen LogP) is 3.21. The topological polar surface area (TPSA) is 43.4 Å². The largest absolute Gasteiger partial charge is 0.454 e. The molecule has 1 aliphatic heterocycles. The highest BCUT2D eigenvalue weighted by Gasteiger charge is 2.16. The molecule has 1 N–H and O–H groups in total. The zero-order valence-electron chi connectivity index (χ0n) is 11.0.